The molecule has 0 amide bonds. The van der Waals surface area contributed by atoms with Crippen LogP contribution in [-0.4, -0.2) is 16.9 Å². The highest BCUT2D eigenvalue weighted by atomic mass is 16.6. The summed E-state index contributed by atoms with van der Waals surface area (Å²) in [4.78, 5) is 48.8. The molecular weight excluding hydrogens is 218 g/mol. The Labute approximate surface area is 85.6 Å². The summed E-state index contributed by atoms with van der Waals surface area (Å²) in [6, 6.07) is 0. The summed E-state index contributed by atoms with van der Waals surface area (Å²) < 4.78 is 8.66. The molecule has 0 aliphatic carbocycles. The molecule has 3 aromatic rings. The quantitative estimate of drug-likeness (QED) is 0.426. The first-order valence-electron chi connectivity index (χ1n) is 4.15. The van der Waals surface area contributed by atoms with Gasteiger partial charge in [-0.15, -0.1) is 0 Å². The van der Waals surface area contributed by atoms with Crippen LogP contribution in [0.4, 0.5) is 0 Å². The molecule has 1 aliphatic heterocycles. The van der Waals surface area contributed by atoms with Crippen molar-refractivity contribution in [2.75, 3.05) is 0 Å². The second-order valence-electron chi connectivity index (χ2n) is 3.12. The minimum atomic E-state index is -1.06. The Bertz CT molecular complexity index is 696. The van der Waals surface area contributed by atoms with Gasteiger partial charge in [0.15, 0.2) is 5.52 Å². The highest BCUT2D eigenvalue weighted by Gasteiger charge is 2.36. The van der Waals surface area contributed by atoms with Crippen LogP contribution >= 0.6 is 0 Å². The number of carbonyl (C=O) groups excluding carboxylic acids is 2. The van der Waals surface area contributed by atoms with Crippen LogP contribution in [0.2, 0.25) is 0 Å². The van der Waals surface area contributed by atoms with E-state index in [-0.39, 0.29) is 22.0 Å². The highest BCUT2D eigenvalue weighted by Crippen LogP contribution is 2.24. The second kappa shape index (κ2) is 2.51. The molecule has 7 nitrogen and oxygen atoms in total. The summed E-state index contributed by atoms with van der Waals surface area (Å²) in [5.41, 5.74) is -2.99. The highest BCUT2D eigenvalue weighted by molar-refractivity contribution is 6.21. The number of aromatic nitrogens is 1. The van der Waals surface area contributed by atoms with Crippen molar-refractivity contribution in [2.45, 2.75) is 0 Å². The van der Waals surface area contributed by atoms with Gasteiger partial charge in [0.2, 0.25) is 0 Å². The fourth-order valence-electron chi connectivity index (χ4n) is 1.61. The molecule has 0 saturated carbocycles. The van der Waals surface area contributed by atoms with E-state index in [2.05, 4.69) is 14.1 Å². The molecule has 0 atom stereocenters. The Kier molecular flexibility index (Phi) is 1.37. The zero-order valence-corrected chi connectivity index (χ0v) is 7.47. The van der Waals surface area contributed by atoms with Crippen molar-refractivity contribution in [3.8, 4) is 0 Å². The largest absolute Gasteiger partial charge is 0.386 e. The van der Waals surface area contributed by atoms with E-state index in [0.29, 0.717) is 0 Å². The Balaban J connectivity index is 2.76. The molecule has 0 fully saturated rings. The van der Waals surface area contributed by atoms with Gasteiger partial charge >= 0.3 is 23.2 Å². The molecule has 0 unspecified atom stereocenters. The van der Waals surface area contributed by atoms with E-state index in [1.54, 1.807) is 0 Å². The Morgan fingerprint density at radius 1 is 0.938 bits per heavy atom. The third kappa shape index (κ3) is 0.842. The van der Waals surface area contributed by atoms with E-state index in [0.717, 1.165) is 6.20 Å². The van der Waals surface area contributed by atoms with Crippen molar-refractivity contribution in [1.29, 1.82) is 0 Å². The second-order valence-corrected chi connectivity index (χ2v) is 3.12. The van der Waals surface area contributed by atoms with Gasteiger partial charge < -0.3 is 9.15 Å². The molecule has 16 heavy (non-hydrogen) atoms. The molecule has 0 aromatic carbocycles. The first-order chi connectivity index (χ1) is 7.59. The lowest BCUT2D eigenvalue weighted by atomic mass is 10.1. The van der Waals surface area contributed by atoms with Crippen LogP contribution in [-0.2, 0) is 4.74 Å². The number of ether oxygens (including phenoxy) is 1. The van der Waals surface area contributed by atoms with Gasteiger partial charge in [0.1, 0.15) is 5.56 Å². The zero-order valence-electron chi connectivity index (χ0n) is 7.47. The van der Waals surface area contributed by atoms with Crippen LogP contribution in [0.1, 0.15) is 20.7 Å². The van der Waals surface area contributed by atoms with Crippen LogP contribution in [0.5, 0.6) is 0 Å². The SMILES string of the molecule is O=C1OC(=O)c2c1c1cnc2c(=O)oc1=O. The fourth-order valence-corrected chi connectivity index (χ4v) is 1.61. The molecule has 3 aromatic heterocycles. The molecule has 0 radical (unpaired) electrons. The van der Waals surface area contributed by atoms with Crippen LogP contribution in [0.3, 0.4) is 0 Å². The van der Waals surface area contributed by atoms with E-state index in [4.69, 9.17) is 0 Å². The van der Waals surface area contributed by atoms with Gasteiger partial charge in [-0.25, -0.2) is 24.2 Å². The summed E-state index contributed by atoms with van der Waals surface area (Å²) in [6.07, 6.45) is 1.02. The van der Waals surface area contributed by atoms with Crippen molar-refractivity contribution in [3.05, 3.63) is 38.2 Å². The maximum atomic E-state index is 11.3. The van der Waals surface area contributed by atoms with E-state index >= 15 is 0 Å². The maximum Gasteiger partial charge on any atom is 0.365 e. The van der Waals surface area contributed by atoms with Gasteiger partial charge in [0, 0.05) is 6.20 Å². The summed E-state index contributed by atoms with van der Waals surface area (Å²) in [7, 11) is 0. The fraction of sp³-hybridized carbons (Fsp3) is 0. The number of nitrogens with zero attached hydrogens (tertiary/aromatic N) is 1. The number of cyclic esters (lactones) is 2. The molecule has 0 saturated heterocycles. The number of pyridine rings is 1. The molecule has 0 N–H and O–H groups in total. The van der Waals surface area contributed by atoms with E-state index in [1.807, 2.05) is 0 Å². The Morgan fingerprint density at radius 2 is 1.62 bits per heavy atom. The van der Waals surface area contributed by atoms with Gasteiger partial charge in [0.05, 0.1) is 10.9 Å². The molecule has 7 heteroatoms. The molecule has 1 aliphatic rings. The molecule has 0 spiro atoms. The maximum absolute atomic E-state index is 11.3. The molecular formula is C9HNO6. The average Bonchev–Trinajstić information content (AvgIpc) is 2.39. The summed E-state index contributed by atoms with van der Waals surface area (Å²) in [6.45, 7) is 0. The third-order valence-corrected chi connectivity index (χ3v) is 2.27. The van der Waals surface area contributed by atoms with E-state index < -0.39 is 23.2 Å². The van der Waals surface area contributed by atoms with Crippen molar-refractivity contribution in [2.24, 2.45) is 0 Å². The van der Waals surface area contributed by atoms with Crippen molar-refractivity contribution >= 4 is 22.8 Å². The molecule has 4 rings (SSSR count). The van der Waals surface area contributed by atoms with Gasteiger partial charge in [0.25, 0.3) is 0 Å². The number of fused-ring (bicyclic) bond motifs is 3. The van der Waals surface area contributed by atoms with Crippen LogP contribution < -0.4 is 11.3 Å². The average molecular weight is 219 g/mol. The van der Waals surface area contributed by atoms with Crippen LogP contribution in [0.15, 0.2) is 20.2 Å². The monoisotopic (exact) mass is 219 g/mol. The zero-order chi connectivity index (χ0) is 11.4. The predicted molar refractivity (Wildman–Crippen MR) is 47.5 cm³/mol. The van der Waals surface area contributed by atoms with Crippen molar-refractivity contribution in [3.63, 3.8) is 0 Å². The van der Waals surface area contributed by atoms with E-state index in [1.165, 1.54) is 0 Å². The van der Waals surface area contributed by atoms with Gasteiger partial charge in [-0.2, -0.15) is 0 Å². The standard InChI is InChI=1S/C9HNO6/c11-6-2-1-10-5(9(14)15-6)4-3(2)7(12)16-8(4)13/h1H. The Morgan fingerprint density at radius 3 is 2.38 bits per heavy atom. The lowest BCUT2D eigenvalue weighted by Crippen LogP contribution is -2.07. The minimum absolute atomic E-state index is 0.236. The number of esters is 2. The van der Waals surface area contributed by atoms with Crippen molar-refractivity contribution in [1.82, 2.24) is 4.98 Å². The normalized spacial score (nSPS) is 14.2. The predicted octanol–water partition coefficient (Wildman–Crippen LogP) is -0.703. The van der Waals surface area contributed by atoms with Crippen molar-refractivity contribution < 1.29 is 18.7 Å². The summed E-state index contributed by atoms with van der Waals surface area (Å²) in [5, 5.41) is -0.236. The molecule has 78 valence electrons. The topological polar surface area (TPSA) is 104 Å². The third-order valence-electron chi connectivity index (χ3n) is 2.27. The number of carbonyl (C=O) groups is 2. The Hall–Kier alpha value is -2.57. The van der Waals surface area contributed by atoms with Gasteiger partial charge in [-0.1, -0.05) is 0 Å². The number of hydrogen-bond acceptors (Lipinski definition) is 7. The molecule has 2 bridgehead atoms. The number of rotatable bonds is 0. The van der Waals surface area contributed by atoms with E-state index in [9.17, 15) is 19.2 Å². The number of hydrogen-bond donors (Lipinski definition) is 0. The van der Waals surface area contributed by atoms with Gasteiger partial charge in [-0.3, -0.25) is 0 Å². The lowest BCUT2D eigenvalue weighted by Gasteiger charge is -1.90. The smallest absolute Gasteiger partial charge is 0.365 e. The van der Waals surface area contributed by atoms with Crippen LogP contribution in [0.25, 0.3) is 10.9 Å². The summed E-state index contributed by atoms with van der Waals surface area (Å²) >= 11 is 0. The first-order valence-corrected chi connectivity index (χ1v) is 4.15. The van der Waals surface area contributed by atoms with Gasteiger partial charge in [-0.05, 0) is 0 Å². The van der Waals surface area contributed by atoms with Crippen LogP contribution in [0, 0.1) is 0 Å². The summed E-state index contributed by atoms with van der Waals surface area (Å²) in [5.74, 6) is -1.96. The minimum Gasteiger partial charge on any atom is -0.386 e. The lowest BCUT2D eigenvalue weighted by molar-refractivity contribution is 0.0445. The molecule has 4 heterocycles. The first kappa shape index (κ1) is 8.72.